The SMILES string of the molecule is N#Cc1ccc(Cl)c(S(=O)(=O)NC2CCC(=O)NC2)c1. The maximum absolute atomic E-state index is 12.3. The second-order valence-electron chi connectivity index (χ2n) is 4.42. The number of nitriles is 1. The second kappa shape index (κ2) is 5.79. The van der Waals surface area contributed by atoms with Crippen molar-refractivity contribution in [1.29, 1.82) is 5.26 Å². The highest BCUT2D eigenvalue weighted by atomic mass is 35.5. The van der Waals surface area contributed by atoms with Crippen LogP contribution < -0.4 is 10.0 Å². The summed E-state index contributed by atoms with van der Waals surface area (Å²) in [6, 6.07) is 5.54. The number of sulfonamides is 1. The molecule has 0 bridgehead atoms. The molecule has 0 aromatic heterocycles. The lowest BCUT2D eigenvalue weighted by Gasteiger charge is -2.23. The molecule has 1 aromatic carbocycles. The van der Waals surface area contributed by atoms with Crippen LogP contribution in [-0.4, -0.2) is 26.9 Å². The van der Waals surface area contributed by atoms with Crippen LogP contribution in [0.2, 0.25) is 5.02 Å². The van der Waals surface area contributed by atoms with E-state index in [1.54, 1.807) is 0 Å². The highest BCUT2D eigenvalue weighted by Crippen LogP contribution is 2.23. The summed E-state index contributed by atoms with van der Waals surface area (Å²) in [5.41, 5.74) is 0.215. The predicted molar refractivity (Wildman–Crippen MR) is 72.5 cm³/mol. The van der Waals surface area contributed by atoms with Gasteiger partial charge in [-0.15, -0.1) is 0 Å². The highest BCUT2D eigenvalue weighted by Gasteiger charge is 2.25. The summed E-state index contributed by atoms with van der Waals surface area (Å²) in [7, 11) is -3.83. The number of amides is 1. The molecule has 20 heavy (non-hydrogen) atoms. The van der Waals surface area contributed by atoms with Gasteiger partial charge in [0.25, 0.3) is 0 Å². The molecule has 1 aliphatic heterocycles. The molecule has 6 nitrogen and oxygen atoms in total. The third-order valence-corrected chi connectivity index (χ3v) is 4.94. The van der Waals surface area contributed by atoms with Gasteiger partial charge in [-0.25, -0.2) is 13.1 Å². The zero-order valence-corrected chi connectivity index (χ0v) is 12.0. The molecule has 1 atom stereocenters. The maximum Gasteiger partial charge on any atom is 0.242 e. The van der Waals surface area contributed by atoms with Crippen LogP contribution in [0.3, 0.4) is 0 Å². The predicted octanol–water partition coefficient (Wildman–Crippen LogP) is 0.769. The first-order chi connectivity index (χ1) is 9.42. The van der Waals surface area contributed by atoms with Crippen LogP contribution in [0.1, 0.15) is 18.4 Å². The Bertz CT molecular complexity index is 672. The summed E-state index contributed by atoms with van der Waals surface area (Å²) in [5.74, 6) is -0.0926. The first kappa shape index (κ1) is 14.8. The molecule has 1 heterocycles. The number of nitrogens with one attached hydrogen (secondary N) is 2. The van der Waals surface area contributed by atoms with Gasteiger partial charge >= 0.3 is 0 Å². The van der Waals surface area contributed by atoms with Gasteiger partial charge in [-0.05, 0) is 24.6 Å². The summed E-state index contributed by atoms with van der Waals surface area (Å²) in [6.07, 6.45) is 0.708. The number of hydrogen-bond donors (Lipinski definition) is 2. The normalized spacial score (nSPS) is 19.2. The number of benzene rings is 1. The Morgan fingerprint density at radius 3 is 2.80 bits per heavy atom. The van der Waals surface area contributed by atoms with E-state index in [4.69, 9.17) is 16.9 Å². The molecule has 1 unspecified atom stereocenters. The van der Waals surface area contributed by atoms with Gasteiger partial charge in [0.2, 0.25) is 15.9 Å². The van der Waals surface area contributed by atoms with Crippen LogP contribution in [0.25, 0.3) is 0 Å². The quantitative estimate of drug-likeness (QED) is 0.861. The van der Waals surface area contributed by atoms with E-state index < -0.39 is 10.0 Å². The van der Waals surface area contributed by atoms with Crippen molar-refractivity contribution in [3.8, 4) is 6.07 Å². The molecule has 2 N–H and O–H groups in total. The summed E-state index contributed by atoms with van der Waals surface area (Å²) < 4.78 is 27.0. The van der Waals surface area contributed by atoms with E-state index in [1.165, 1.54) is 18.2 Å². The molecule has 1 aromatic rings. The fourth-order valence-corrected chi connectivity index (χ4v) is 3.69. The Hall–Kier alpha value is -1.62. The molecule has 1 saturated heterocycles. The van der Waals surface area contributed by atoms with E-state index in [0.717, 1.165) is 0 Å². The Labute approximate surface area is 121 Å². The number of hydrogen-bond acceptors (Lipinski definition) is 4. The first-order valence-electron chi connectivity index (χ1n) is 5.91. The Morgan fingerprint density at radius 1 is 1.45 bits per heavy atom. The zero-order chi connectivity index (χ0) is 14.8. The summed E-state index contributed by atoms with van der Waals surface area (Å²) in [4.78, 5) is 10.9. The fourth-order valence-electron chi connectivity index (χ4n) is 1.90. The van der Waals surface area contributed by atoms with Gasteiger partial charge in [0.15, 0.2) is 0 Å². The Kier molecular flexibility index (Phi) is 4.28. The second-order valence-corrected chi connectivity index (χ2v) is 6.51. The van der Waals surface area contributed by atoms with E-state index in [-0.39, 0.29) is 40.4 Å². The number of rotatable bonds is 3. The Morgan fingerprint density at radius 2 is 2.20 bits per heavy atom. The third kappa shape index (κ3) is 3.28. The minimum absolute atomic E-state index is 0.0522. The van der Waals surface area contributed by atoms with Gasteiger partial charge in [-0.2, -0.15) is 5.26 Å². The molecule has 0 radical (unpaired) electrons. The molecule has 106 valence electrons. The largest absolute Gasteiger partial charge is 0.355 e. The lowest BCUT2D eigenvalue weighted by atomic mass is 10.1. The summed E-state index contributed by atoms with van der Waals surface area (Å²) >= 11 is 5.88. The van der Waals surface area contributed by atoms with Crippen LogP contribution in [0, 0.1) is 11.3 Å². The topological polar surface area (TPSA) is 99.1 Å². The van der Waals surface area contributed by atoms with Crippen molar-refractivity contribution in [2.24, 2.45) is 0 Å². The van der Waals surface area contributed by atoms with Crippen molar-refractivity contribution in [2.45, 2.75) is 23.8 Å². The molecule has 0 spiro atoms. The van der Waals surface area contributed by atoms with Crippen molar-refractivity contribution < 1.29 is 13.2 Å². The number of nitrogens with zero attached hydrogens (tertiary/aromatic N) is 1. The van der Waals surface area contributed by atoms with E-state index in [2.05, 4.69) is 10.0 Å². The van der Waals surface area contributed by atoms with Gasteiger partial charge in [0.1, 0.15) is 4.90 Å². The fraction of sp³-hybridized carbons (Fsp3) is 0.333. The summed E-state index contributed by atoms with van der Waals surface area (Å²) in [6.45, 7) is 0.244. The van der Waals surface area contributed by atoms with Crippen molar-refractivity contribution >= 4 is 27.5 Å². The van der Waals surface area contributed by atoms with Gasteiger partial charge in [-0.1, -0.05) is 11.6 Å². The van der Waals surface area contributed by atoms with Crippen LogP contribution in [0.5, 0.6) is 0 Å². The van der Waals surface area contributed by atoms with E-state index in [1.807, 2.05) is 6.07 Å². The molecule has 0 saturated carbocycles. The molecular formula is C12H12ClN3O3S. The van der Waals surface area contributed by atoms with Crippen LogP contribution in [0.4, 0.5) is 0 Å². The minimum Gasteiger partial charge on any atom is -0.355 e. The molecule has 8 heteroatoms. The van der Waals surface area contributed by atoms with Crippen molar-refractivity contribution in [3.63, 3.8) is 0 Å². The average molecular weight is 314 g/mol. The molecule has 0 aliphatic carbocycles. The molecule has 2 rings (SSSR count). The van der Waals surface area contributed by atoms with Crippen LogP contribution in [-0.2, 0) is 14.8 Å². The molecule has 1 aliphatic rings. The highest BCUT2D eigenvalue weighted by molar-refractivity contribution is 7.89. The van der Waals surface area contributed by atoms with Gasteiger partial charge in [0.05, 0.1) is 16.7 Å². The van der Waals surface area contributed by atoms with Crippen molar-refractivity contribution in [3.05, 3.63) is 28.8 Å². The number of carbonyl (C=O) groups is 1. The molecular weight excluding hydrogens is 302 g/mol. The Balaban J connectivity index is 2.22. The minimum atomic E-state index is -3.83. The number of piperidine rings is 1. The van der Waals surface area contributed by atoms with E-state index >= 15 is 0 Å². The van der Waals surface area contributed by atoms with Gasteiger partial charge in [0, 0.05) is 19.0 Å². The van der Waals surface area contributed by atoms with E-state index in [9.17, 15) is 13.2 Å². The lowest BCUT2D eigenvalue weighted by Crippen LogP contribution is -2.47. The maximum atomic E-state index is 12.3. The monoisotopic (exact) mass is 313 g/mol. The molecule has 1 amide bonds. The van der Waals surface area contributed by atoms with Crippen molar-refractivity contribution in [1.82, 2.24) is 10.0 Å². The average Bonchev–Trinajstić information content (AvgIpc) is 2.41. The van der Waals surface area contributed by atoms with Gasteiger partial charge in [-0.3, -0.25) is 4.79 Å². The lowest BCUT2D eigenvalue weighted by molar-refractivity contribution is -0.122. The molecule has 1 fully saturated rings. The van der Waals surface area contributed by atoms with Crippen LogP contribution in [0.15, 0.2) is 23.1 Å². The van der Waals surface area contributed by atoms with Crippen LogP contribution >= 0.6 is 11.6 Å². The van der Waals surface area contributed by atoms with E-state index in [0.29, 0.717) is 6.42 Å². The number of halogens is 1. The summed E-state index contributed by atoms with van der Waals surface area (Å²) in [5, 5.41) is 11.5. The zero-order valence-electron chi connectivity index (χ0n) is 10.4. The van der Waals surface area contributed by atoms with Crippen molar-refractivity contribution in [2.75, 3.05) is 6.54 Å². The third-order valence-electron chi connectivity index (χ3n) is 2.94. The standard InChI is InChI=1S/C12H12ClN3O3S/c13-10-3-1-8(6-14)5-11(10)20(18,19)16-9-2-4-12(17)15-7-9/h1,3,5,9,16H,2,4,7H2,(H,15,17). The smallest absolute Gasteiger partial charge is 0.242 e. The number of carbonyl (C=O) groups excluding carboxylic acids is 1. The van der Waals surface area contributed by atoms with Gasteiger partial charge < -0.3 is 5.32 Å². The first-order valence-corrected chi connectivity index (χ1v) is 7.77.